The van der Waals surface area contributed by atoms with Crippen LogP contribution in [0.5, 0.6) is 0 Å². The first-order valence-corrected chi connectivity index (χ1v) is 12.0. The van der Waals surface area contributed by atoms with Crippen molar-refractivity contribution in [2.75, 3.05) is 46.8 Å². The van der Waals surface area contributed by atoms with Crippen molar-refractivity contribution in [1.29, 1.82) is 0 Å². The largest absolute Gasteiger partial charge is 0.335 e. The number of likely N-dealkylation sites (tertiary alicyclic amines) is 1. The molecule has 2 aliphatic heterocycles. The van der Waals surface area contributed by atoms with Gasteiger partial charge in [-0.25, -0.2) is 9.78 Å². The van der Waals surface area contributed by atoms with Crippen LogP contribution >= 0.6 is 0 Å². The van der Waals surface area contributed by atoms with Gasteiger partial charge in [0.1, 0.15) is 5.82 Å². The average Bonchev–Trinajstić information content (AvgIpc) is 3.53. The van der Waals surface area contributed by atoms with Crippen LogP contribution in [0.25, 0.3) is 5.52 Å². The van der Waals surface area contributed by atoms with Gasteiger partial charge in [-0.2, -0.15) is 0 Å². The first-order valence-electron chi connectivity index (χ1n) is 12.0. The molecule has 0 unspecified atom stereocenters. The molecular formula is C26H30N6O3. The van der Waals surface area contributed by atoms with Crippen LogP contribution in [-0.2, 0) is 0 Å². The Balaban J connectivity index is 1.37. The second kappa shape index (κ2) is 9.40. The Labute approximate surface area is 204 Å². The van der Waals surface area contributed by atoms with Crippen molar-refractivity contribution in [2.45, 2.75) is 18.9 Å². The van der Waals surface area contributed by atoms with Gasteiger partial charge in [-0.3, -0.25) is 9.59 Å². The fraction of sp³-hybridized carbons (Fsp3) is 0.385. The molecule has 2 fully saturated rings. The smallest absolute Gasteiger partial charge is 0.320 e. The predicted molar refractivity (Wildman–Crippen MR) is 131 cm³/mol. The van der Waals surface area contributed by atoms with Gasteiger partial charge in [-0.15, -0.1) is 0 Å². The second-order valence-corrected chi connectivity index (χ2v) is 9.25. The van der Waals surface area contributed by atoms with E-state index in [1.54, 1.807) is 28.8 Å². The van der Waals surface area contributed by atoms with Crippen molar-refractivity contribution in [1.82, 2.24) is 29.0 Å². The maximum absolute atomic E-state index is 13.6. The summed E-state index contributed by atoms with van der Waals surface area (Å²) in [5, 5.41) is 0. The van der Waals surface area contributed by atoms with Gasteiger partial charge in [-0.1, -0.05) is 24.3 Å². The van der Waals surface area contributed by atoms with Crippen LogP contribution in [0.15, 0.2) is 54.7 Å². The summed E-state index contributed by atoms with van der Waals surface area (Å²) >= 11 is 0. The molecule has 2 saturated heterocycles. The van der Waals surface area contributed by atoms with E-state index in [9.17, 15) is 14.4 Å². The highest BCUT2D eigenvalue weighted by Gasteiger charge is 2.36. The third kappa shape index (κ3) is 4.22. The van der Waals surface area contributed by atoms with E-state index in [2.05, 4.69) is 0 Å². The van der Waals surface area contributed by atoms with E-state index in [4.69, 9.17) is 4.98 Å². The van der Waals surface area contributed by atoms with E-state index < -0.39 is 0 Å². The average molecular weight is 475 g/mol. The zero-order valence-corrected chi connectivity index (χ0v) is 20.1. The maximum atomic E-state index is 13.6. The van der Waals surface area contributed by atoms with Crippen molar-refractivity contribution in [3.8, 4) is 0 Å². The lowest BCUT2D eigenvalue weighted by atomic mass is 10.2. The summed E-state index contributed by atoms with van der Waals surface area (Å²) in [4.78, 5) is 50.9. The van der Waals surface area contributed by atoms with E-state index >= 15 is 0 Å². The SMILES string of the molecule is CN(C)C(=O)N1CCC[C@H]1c1nc(C(=O)N2CCN(C(=O)c3ccccc3)CC2)c2ccccn12. The zero-order chi connectivity index (χ0) is 24.5. The van der Waals surface area contributed by atoms with Crippen molar-refractivity contribution in [3.05, 3.63) is 71.8 Å². The Bertz CT molecular complexity index is 1250. The summed E-state index contributed by atoms with van der Waals surface area (Å²) in [5.41, 5.74) is 1.79. The number of hydrogen-bond acceptors (Lipinski definition) is 4. The third-order valence-electron chi connectivity index (χ3n) is 6.83. The third-order valence-corrected chi connectivity index (χ3v) is 6.83. The standard InChI is InChI=1S/C26H30N6O3/c1-28(2)26(35)32-14-8-12-21(32)23-27-22(20-11-6-7-13-31(20)23)25(34)30-17-15-29(16-18-30)24(33)19-9-4-3-5-10-19/h3-7,9-11,13,21H,8,12,14-18H2,1-2H3/t21-/m0/s1. The predicted octanol–water partition coefficient (Wildman–Crippen LogP) is 2.75. The molecule has 3 aromatic rings. The van der Waals surface area contributed by atoms with Crippen LogP contribution in [0, 0.1) is 0 Å². The first kappa shape index (κ1) is 22.9. The number of urea groups is 1. The summed E-state index contributed by atoms with van der Waals surface area (Å²) in [5.74, 6) is 0.559. The molecule has 0 saturated carbocycles. The Morgan fingerprint density at radius 3 is 2.20 bits per heavy atom. The Morgan fingerprint density at radius 1 is 0.857 bits per heavy atom. The van der Waals surface area contributed by atoms with Gasteiger partial charge >= 0.3 is 6.03 Å². The van der Waals surface area contributed by atoms with E-state index in [1.165, 1.54) is 0 Å². The monoisotopic (exact) mass is 474 g/mol. The zero-order valence-electron chi connectivity index (χ0n) is 20.1. The van der Waals surface area contributed by atoms with Gasteiger partial charge in [0, 0.05) is 58.6 Å². The summed E-state index contributed by atoms with van der Waals surface area (Å²) in [6.45, 7) is 2.53. The first-order chi connectivity index (χ1) is 17.0. The van der Waals surface area contributed by atoms with E-state index in [-0.39, 0.29) is 23.9 Å². The molecule has 0 radical (unpaired) electrons. The van der Waals surface area contributed by atoms with E-state index in [0.29, 0.717) is 44.0 Å². The quantitative estimate of drug-likeness (QED) is 0.585. The van der Waals surface area contributed by atoms with E-state index in [0.717, 1.165) is 24.2 Å². The van der Waals surface area contributed by atoms with Crippen molar-refractivity contribution in [2.24, 2.45) is 0 Å². The summed E-state index contributed by atoms with van der Waals surface area (Å²) in [7, 11) is 3.50. The van der Waals surface area contributed by atoms with Crippen LogP contribution in [-0.4, -0.2) is 93.6 Å². The van der Waals surface area contributed by atoms with Crippen LogP contribution in [0.4, 0.5) is 4.79 Å². The fourth-order valence-electron chi connectivity index (χ4n) is 5.00. The normalized spacial score (nSPS) is 18.2. The van der Waals surface area contributed by atoms with Gasteiger partial charge in [-0.05, 0) is 37.1 Å². The minimum atomic E-state index is -0.179. The molecule has 4 heterocycles. The van der Waals surface area contributed by atoms with Crippen LogP contribution < -0.4 is 0 Å². The molecule has 9 nitrogen and oxygen atoms in total. The Morgan fingerprint density at radius 2 is 1.51 bits per heavy atom. The highest BCUT2D eigenvalue weighted by Crippen LogP contribution is 2.33. The number of hydrogen-bond donors (Lipinski definition) is 0. The summed E-state index contributed by atoms with van der Waals surface area (Å²) in [6, 6.07) is 14.7. The number of nitrogens with zero attached hydrogens (tertiary/aromatic N) is 6. The molecular weight excluding hydrogens is 444 g/mol. The topological polar surface area (TPSA) is 81.5 Å². The number of amides is 4. The van der Waals surface area contributed by atoms with Gasteiger partial charge in [0.25, 0.3) is 11.8 Å². The fourth-order valence-corrected chi connectivity index (χ4v) is 5.00. The molecule has 35 heavy (non-hydrogen) atoms. The number of pyridine rings is 1. The molecule has 0 aliphatic carbocycles. The van der Waals surface area contributed by atoms with Gasteiger partial charge in [0.2, 0.25) is 0 Å². The lowest BCUT2D eigenvalue weighted by Crippen LogP contribution is -2.50. The Kier molecular flexibility index (Phi) is 6.15. The number of imidazole rings is 1. The van der Waals surface area contributed by atoms with Crippen LogP contribution in [0.1, 0.15) is 45.6 Å². The number of aromatic nitrogens is 2. The molecule has 0 bridgehead atoms. The molecule has 4 amide bonds. The van der Waals surface area contributed by atoms with Crippen molar-refractivity contribution in [3.63, 3.8) is 0 Å². The maximum Gasteiger partial charge on any atom is 0.320 e. The van der Waals surface area contributed by atoms with E-state index in [1.807, 2.05) is 64.0 Å². The number of carbonyl (C=O) groups is 3. The molecule has 0 spiro atoms. The molecule has 0 N–H and O–H groups in total. The van der Waals surface area contributed by atoms with Gasteiger partial charge < -0.3 is 24.0 Å². The second-order valence-electron chi connectivity index (χ2n) is 9.25. The summed E-state index contributed by atoms with van der Waals surface area (Å²) in [6.07, 6.45) is 3.61. The van der Waals surface area contributed by atoms with Crippen LogP contribution in [0.2, 0.25) is 0 Å². The number of rotatable bonds is 3. The minimum Gasteiger partial charge on any atom is -0.335 e. The van der Waals surface area contributed by atoms with Gasteiger partial charge in [0.15, 0.2) is 5.69 Å². The number of carbonyl (C=O) groups excluding carboxylic acids is 3. The van der Waals surface area contributed by atoms with Gasteiger partial charge in [0.05, 0.1) is 11.6 Å². The van der Waals surface area contributed by atoms with Crippen molar-refractivity contribution >= 4 is 23.4 Å². The van der Waals surface area contributed by atoms with Crippen molar-refractivity contribution < 1.29 is 14.4 Å². The lowest BCUT2D eigenvalue weighted by molar-refractivity contribution is 0.0533. The molecule has 9 heteroatoms. The molecule has 5 rings (SSSR count). The Hall–Kier alpha value is -3.88. The lowest BCUT2D eigenvalue weighted by Gasteiger charge is -2.34. The molecule has 2 aromatic heterocycles. The highest BCUT2D eigenvalue weighted by molar-refractivity contribution is 5.99. The molecule has 182 valence electrons. The molecule has 1 aromatic carbocycles. The minimum absolute atomic E-state index is 0.0145. The number of benzene rings is 1. The number of piperazine rings is 1. The molecule has 1 atom stereocenters. The molecule has 2 aliphatic rings. The summed E-state index contributed by atoms with van der Waals surface area (Å²) < 4.78 is 1.94. The number of fused-ring (bicyclic) bond motifs is 1. The van der Waals surface area contributed by atoms with Crippen LogP contribution in [0.3, 0.4) is 0 Å². The highest BCUT2D eigenvalue weighted by atomic mass is 16.2.